The summed E-state index contributed by atoms with van der Waals surface area (Å²) in [5.41, 5.74) is 0.704. The first-order valence-corrected chi connectivity index (χ1v) is 7.26. The highest BCUT2D eigenvalue weighted by atomic mass is 35.5. The van der Waals surface area contributed by atoms with E-state index < -0.39 is 0 Å². The molecular weight excluding hydrogens is 313 g/mol. The second kappa shape index (κ2) is 6.91. The van der Waals surface area contributed by atoms with Crippen molar-refractivity contribution in [2.75, 3.05) is 6.54 Å². The highest BCUT2D eigenvalue weighted by Crippen LogP contribution is 2.26. The Bertz CT molecular complexity index is 621. The van der Waals surface area contributed by atoms with Gasteiger partial charge < -0.3 is 9.84 Å². The van der Waals surface area contributed by atoms with Gasteiger partial charge >= 0.3 is 11.8 Å². The SMILES string of the molecule is CC(C)CNC(=O)c1nc(Cc2c(Cl)cccc2Cl)no1. The minimum Gasteiger partial charge on any atom is -0.348 e. The van der Waals surface area contributed by atoms with Crippen molar-refractivity contribution in [3.63, 3.8) is 0 Å². The van der Waals surface area contributed by atoms with E-state index in [9.17, 15) is 4.79 Å². The number of rotatable bonds is 5. The molecule has 1 amide bonds. The molecule has 7 heteroatoms. The first-order valence-electron chi connectivity index (χ1n) is 6.51. The number of aromatic nitrogens is 2. The third-order valence-corrected chi connectivity index (χ3v) is 3.44. The lowest BCUT2D eigenvalue weighted by Gasteiger charge is -2.04. The molecule has 0 saturated carbocycles. The number of hydrogen-bond donors (Lipinski definition) is 1. The third kappa shape index (κ3) is 4.19. The van der Waals surface area contributed by atoms with Gasteiger partial charge in [0.15, 0.2) is 5.82 Å². The van der Waals surface area contributed by atoms with E-state index in [4.69, 9.17) is 27.7 Å². The van der Waals surface area contributed by atoms with E-state index in [-0.39, 0.29) is 11.8 Å². The maximum atomic E-state index is 11.8. The van der Waals surface area contributed by atoms with Crippen LogP contribution in [0.4, 0.5) is 0 Å². The van der Waals surface area contributed by atoms with E-state index in [0.717, 1.165) is 0 Å². The molecule has 0 spiro atoms. The van der Waals surface area contributed by atoms with Crippen molar-refractivity contribution >= 4 is 29.1 Å². The summed E-state index contributed by atoms with van der Waals surface area (Å²) in [6.45, 7) is 4.55. The van der Waals surface area contributed by atoms with Crippen molar-refractivity contribution in [3.05, 3.63) is 45.5 Å². The van der Waals surface area contributed by atoms with Gasteiger partial charge in [0.1, 0.15) is 0 Å². The molecule has 0 saturated heterocycles. The molecule has 1 N–H and O–H groups in total. The van der Waals surface area contributed by atoms with Crippen LogP contribution in [-0.2, 0) is 6.42 Å². The molecule has 0 aliphatic heterocycles. The maximum absolute atomic E-state index is 11.8. The van der Waals surface area contributed by atoms with Crippen LogP contribution in [0.3, 0.4) is 0 Å². The highest BCUT2D eigenvalue weighted by Gasteiger charge is 2.17. The summed E-state index contributed by atoms with van der Waals surface area (Å²) < 4.78 is 4.95. The summed E-state index contributed by atoms with van der Waals surface area (Å²) >= 11 is 12.2. The molecule has 1 aromatic carbocycles. The zero-order valence-electron chi connectivity index (χ0n) is 11.7. The molecule has 2 rings (SSSR count). The molecule has 1 aromatic heterocycles. The smallest absolute Gasteiger partial charge is 0.315 e. The minimum absolute atomic E-state index is 0.0613. The number of nitrogens with one attached hydrogen (secondary N) is 1. The Balaban J connectivity index is 2.08. The molecular formula is C14H15Cl2N3O2. The number of carbonyl (C=O) groups is 1. The second-order valence-electron chi connectivity index (χ2n) is 5.00. The van der Waals surface area contributed by atoms with Crippen LogP contribution < -0.4 is 5.32 Å². The summed E-state index contributed by atoms with van der Waals surface area (Å²) in [5, 5.41) is 7.54. The highest BCUT2D eigenvalue weighted by molar-refractivity contribution is 6.36. The molecule has 112 valence electrons. The zero-order chi connectivity index (χ0) is 15.4. The minimum atomic E-state index is -0.382. The van der Waals surface area contributed by atoms with Crippen LogP contribution in [0.5, 0.6) is 0 Å². The number of amides is 1. The van der Waals surface area contributed by atoms with Gasteiger partial charge in [-0.2, -0.15) is 4.98 Å². The van der Waals surface area contributed by atoms with Crippen molar-refractivity contribution in [1.82, 2.24) is 15.5 Å². The van der Waals surface area contributed by atoms with Crippen molar-refractivity contribution < 1.29 is 9.32 Å². The van der Waals surface area contributed by atoms with Crippen LogP contribution >= 0.6 is 23.2 Å². The van der Waals surface area contributed by atoms with E-state index in [1.165, 1.54) is 0 Å². The standard InChI is InChI=1S/C14H15Cl2N3O2/c1-8(2)7-17-13(20)14-18-12(19-21-14)6-9-10(15)4-3-5-11(9)16/h3-5,8H,6-7H2,1-2H3,(H,17,20). The largest absolute Gasteiger partial charge is 0.348 e. The zero-order valence-corrected chi connectivity index (χ0v) is 13.2. The number of hydrogen-bond acceptors (Lipinski definition) is 4. The van der Waals surface area contributed by atoms with E-state index >= 15 is 0 Å². The first-order chi connectivity index (χ1) is 9.97. The fourth-order valence-electron chi connectivity index (χ4n) is 1.65. The quantitative estimate of drug-likeness (QED) is 0.914. The van der Waals surface area contributed by atoms with Crippen LogP contribution in [0.2, 0.25) is 10.0 Å². The Labute approximate surface area is 132 Å². The van der Waals surface area contributed by atoms with Crippen LogP contribution in [0.15, 0.2) is 22.7 Å². The Kier molecular flexibility index (Phi) is 5.20. The lowest BCUT2D eigenvalue weighted by atomic mass is 10.1. The molecule has 0 fully saturated rings. The molecule has 21 heavy (non-hydrogen) atoms. The van der Waals surface area contributed by atoms with Gasteiger partial charge in [0.2, 0.25) is 0 Å². The number of benzene rings is 1. The molecule has 1 heterocycles. The van der Waals surface area contributed by atoms with Crippen molar-refractivity contribution in [2.24, 2.45) is 5.92 Å². The van der Waals surface area contributed by atoms with Crippen molar-refractivity contribution in [2.45, 2.75) is 20.3 Å². The van der Waals surface area contributed by atoms with Crippen LogP contribution in [0.25, 0.3) is 0 Å². The van der Waals surface area contributed by atoms with Gasteiger partial charge in [-0.25, -0.2) is 0 Å². The number of halogens is 2. The monoisotopic (exact) mass is 327 g/mol. The molecule has 0 aliphatic carbocycles. The lowest BCUT2D eigenvalue weighted by Crippen LogP contribution is -2.27. The van der Waals surface area contributed by atoms with Gasteiger partial charge in [-0.3, -0.25) is 4.79 Å². The van der Waals surface area contributed by atoms with Gasteiger partial charge in [0, 0.05) is 23.0 Å². The first kappa shape index (κ1) is 15.8. The van der Waals surface area contributed by atoms with E-state index in [1.54, 1.807) is 18.2 Å². The molecule has 0 atom stereocenters. The molecule has 0 bridgehead atoms. The predicted octanol–water partition coefficient (Wildman–Crippen LogP) is 3.35. The second-order valence-corrected chi connectivity index (χ2v) is 5.81. The maximum Gasteiger partial charge on any atom is 0.315 e. The Morgan fingerprint density at radius 2 is 2.00 bits per heavy atom. The lowest BCUT2D eigenvalue weighted by molar-refractivity contribution is 0.0905. The fraction of sp³-hybridized carbons (Fsp3) is 0.357. The molecule has 0 unspecified atom stereocenters. The summed E-state index contributed by atoms with van der Waals surface area (Å²) in [6.07, 6.45) is 0.305. The average molecular weight is 328 g/mol. The topological polar surface area (TPSA) is 68.0 Å². The molecule has 5 nitrogen and oxygen atoms in total. The normalized spacial score (nSPS) is 10.9. The Hall–Kier alpha value is -1.59. The van der Waals surface area contributed by atoms with Gasteiger partial charge in [-0.15, -0.1) is 0 Å². The van der Waals surface area contributed by atoms with Crippen LogP contribution in [0, 0.1) is 5.92 Å². The van der Waals surface area contributed by atoms with Gasteiger partial charge in [-0.05, 0) is 23.6 Å². The predicted molar refractivity (Wildman–Crippen MR) is 80.7 cm³/mol. The summed E-state index contributed by atoms with van der Waals surface area (Å²) in [6, 6.07) is 5.23. The number of nitrogens with zero attached hydrogens (tertiary/aromatic N) is 2. The summed E-state index contributed by atoms with van der Waals surface area (Å²) in [7, 11) is 0. The van der Waals surface area contributed by atoms with E-state index in [2.05, 4.69) is 15.5 Å². The Morgan fingerprint density at radius 1 is 1.33 bits per heavy atom. The van der Waals surface area contributed by atoms with Crippen molar-refractivity contribution in [3.8, 4) is 0 Å². The molecule has 0 radical (unpaired) electrons. The molecule has 0 aliphatic rings. The van der Waals surface area contributed by atoms with Crippen LogP contribution in [-0.4, -0.2) is 22.6 Å². The third-order valence-electron chi connectivity index (χ3n) is 2.73. The van der Waals surface area contributed by atoms with E-state index in [1.807, 2.05) is 13.8 Å². The fourth-order valence-corrected chi connectivity index (χ4v) is 2.18. The van der Waals surface area contributed by atoms with Gasteiger partial charge in [0.25, 0.3) is 0 Å². The number of carbonyl (C=O) groups excluding carboxylic acids is 1. The molecule has 2 aromatic rings. The summed E-state index contributed by atoms with van der Waals surface area (Å²) in [5.74, 6) is 0.263. The van der Waals surface area contributed by atoms with Gasteiger partial charge in [0.05, 0.1) is 0 Å². The summed E-state index contributed by atoms with van der Waals surface area (Å²) in [4.78, 5) is 15.8. The van der Waals surface area contributed by atoms with Crippen LogP contribution in [0.1, 0.15) is 35.9 Å². The Morgan fingerprint density at radius 3 is 2.62 bits per heavy atom. The average Bonchev–Trinajstić information content (AvgIpc) is 2.89. The van der Waals surface area contributed by atoms with Crippen molar-refractivity contribution in [1.29, 1.82) is 0 Å². The van der Waals surface area contributed by atoms with Gasteiger partial charge in [-0.1, -0.05) is 48.3 Å². The van der Waals surface area contributed by atoms with E-state index in [0.29, 0.717) is 40.3 Å².